The van der Waals surface area contributed by atoms with Crippen LogP contribution in [0.3, 0.4) is 0 Å². The van der Waals surface area contributed by atoms with E-state index in [1.165, 1.54) is 135 Å². The van der Waals surface area contributed by atoms with Crippen LogP contribution in [0.25, 0.3) is 0 Å². The van der Waals surface area contributed by atoms with E-state index in [1.807, 2.05) is 0 Å². The van der Waals surface area contributed by atoms with Gasteiger partial charge in [-0.1, -0.05) is 287 Å². The van der Waals surface area contributed by atoms with Crippen molar-refractivity contribution in [1.82, 2.24) is 0 Å². The molecule has 0 aliphatic heterocycles. The lowest BCUT2D eigenvalue weighted by Crippen LogP contribution is -2.30. The zero-order chi connectivity index (χ0) is 65.4. The molecule has 0 heterocycles. The smallest absolute Gasteiger partial charge is 0.462 e. The van der Waals surface area contributed by atoms with Gasteiger partial charge in [0.15, 0.2) is 12.2 Å². The Labute approximate surface area is 537 Å². The van der Waals surface area contributed by atoms with E-state index in [2.05, 4.69) is 55.4 Å². The Bertz CT molecular complexity index is 1750. The first-order chi connectivity index (χ1) is 42.2. The number of aliphatic hydroxyl groups is 1. The standard InChI is InChI=1S/C69H134O17P2/c1-9-61(7)47-39-31-23-16-12-14-17-24-33-41-49-66(71)79-55-64(85-68(73)51-43-35-25-18-13-11-15-21-29-37-45-59(3)4)57-83-87(75,76)81-53-63(70)54-82-88(77,78)84-58-65(56-80-67(72)50-42-34-28-27-32-40-48-62(8)10-2)86-69(74)52-44-36-26-20-19-22-30-38-46-60(5)6/h59-65,70H,9-58H2,1-8H3,(H,75,76)(H,77,78)/t61?,62?,63-,64-,65-/m1/s1. The van der Waals surface area contributed by atoms with E-state index in [9.17, 15) is 43.2 Å². The van der Waals surface area contributed by atoms with Gasteiger partial charge in [0.05, 0.1) is 26.4 Å². The quantitative estimate of drug-likeness (QED) is 0.0222. The third-order valence-corrected chi connectivity index (χ3v) is 18.4. The number of phosphoric ester groups is 2. The summed E-state index contributed by atoms with van der Waals surface area (Å²) in [5, 5.41) is 10.6. The maximum absolute atomic E-state index is 13.0. The molecule has 0 aromatic carbocycles. The minimum Gasteiger partial charge on any atom is -0.462 e. The summed E-state index contributed by atoms with van der Waals surface area (Å²) in [6.45, 7) is 14.1. The molecule has 0 spiro atoms. The maximum atomic E-state index is 13.0. The summed E-state index contributed by atoms with van der Waals surface area (Å²) in [5.74, 6) is 0.878. The Morgan fingerprint density at radius 1 is 0.318 bits per heavy atom. The van der Waals surface area contributed by atoms with Crippen molar-refractivity contribution in [3.8, 4) is 0 Å². The van der Waals surface area contributed by atoms with Gasteiger partial charge in [-0.15, -0.1) is 0 Å². The maximum Gasteiger partial charge on any atom is 0.472 e. The summed E-state index contributed by atoms with van der Waals surface area (Å²) < 4.78 is 68.2. The highest BCUT2D eigenvalue weighted by Gasteiger charge is 2.30. The van der Waals surface area contributed by atoms with Crippen molar-refractivity contribution in [3.63, 3.8) is 0 Å². The molecule has 522 valence electrons. The van der Waals surface area contributed by atoms with E-state index in [-0.39, 0.29) is 25.7 Å². The Kier molecular flexibility index (Phi) is 57.6. The molecular formula is C69H134O17P2. The molecule has 0 aliphatic carbocycles. The van der Waals surface area contributed by atoms with E-state index >= 15 is 0 Å². The van der Waals surface area contributed by atoms with Crippen molar-refractivity contribution in [3.05, 3.63) is 0 Å². The molecule has 7 atom stereocenters. The average Bonchev–Trinajstić information content (AvgIpc) is 3.53. The van der Waals surface area contributed by atoms with Crippen molar-refractivity contribution in [2.45, 2.75) is 356 Å². The number of hydrogen-bond acceptors (Lipinski definition) is 15. The number of aliphatic hydroxyl groups excluding tert-OH is 1. The van der Waals surface area contributed by atoms with Gasteiger partial charge in [0.1, 0.15) is 19.3 Å². The highest BCUT2D eigenvalue weighted by molar-refractivity contribution is 7.47. The predicted molar refractivity (Wildman–Crippen MR) is 354 cm³/mol. The minimum atomic E-state index is -4.95. The minimum absolute atomic E-state index is 0.103. The zero-order valence-electron chi connectivity index (χ0n) is 57.3. The molecule has 0 aliphatic rings. The number of rotatable bonds is 66. The van der Waals surface area contributed by atoms with Crippen LogP contribution in [-0.2, 0) is 65.4 Å². The zero-order valence-corrected chi connectivity index (χ0v) is 59.1. The van der Waals surface area contributed by atoms with Gasteiger partial charge in [-0.3, -0.25) is 37.3 Å². The summed E-state index contributed by atoms with van der Waals surface area (Å²) in [7, 11) is -9.90. The summed E-state index contributed by atoms with van der Waals surface area (Å²) in [5.41, 5.74) is 0. The van der Waals surface area contributed by atoms with Crippen LogP contribution >= 0.6 is 15.6 Å². The first-order valence-electron chi connectivity index (χ1n) is 35.8. The fraction of sp³-hybridized carbons (Fsp3) is 0.942. The fourth-order valence-electron chi connectivity index (χ4n) is 10.2. The van der Waals surface area contributed by atoms with Crippen LogP contribution in [0.5, 0.6) is 0 Å². The van der Waals surface area contributed by atoms with Gasteiger partial charge >= 0.3 is 39.5 Å². The molecule has 0 saturated carbocycles. The molecule has 0 radical (unpaired) electrons. The first-order valence-corrected chi connectivity index (χ1v) is 38.8. The lowest BCUT2D eigenvalue weighted by Gasteiger charge is -2.21. The second-order valence-electron chi connectivity index (χ2n) is 26.4. The highest BCUT2D eigenvalue weighted by Crippen LogP contribution is 2.45. The number of phosphoric acid groups is 2. The van der Waals surface area contributed by atoms with Gasteiger partial charge in [-0.2, -0.15) is 0 Å². The van der Waals surface area contributed by atoms with E-state index in [0.29, 0.717) is 25.7 Å². The molecule has 17 nitrogen and oxygen atoms in total. The average molecular weight is 1300 g/mol. The highest BCUT2D eigenvalue weighted by atomic mass is 31.2. The van der Waals surface area contributed by atoms with E-state index in [1.54, 1.807) is 0 Å². The largest absolute Gasteiger partial charge is 0.472 e. The molecular weight excluding hydrogens is 1160 g/mol. The summed E-state index contributed by atoms with van der Waals surface area (Å²) in [6.07, 6.45) is 40.3. The van der Waals surface area contributed by atoms with E-state index in [0.717, 1.165) is 120 Å². The van der Waals surface area contributed by atoms with Crippen LogP contribution in [0.4, 0.5) is 0 Å². The SMILES string of the molecule is CCC(C)CCCCCCCCCCCCC(=O)OC[C@H](COP(=O)(O)OC[C@@H](O)COP(=O)(O)OC[C@@H](COC(=O)CCCCCCCCC(C)CC)OC(=O)CCCCCCCCCCC(C)C)OC(=O)CCCCCCCCCCCCC(C)C. The van der Waals surface area contributed by atoms with Crippen molar-refractivity contribution in [1.29, 1.82) is 0 Å². The normalized spacial score (nSPS) is 14.9. The fourth-order valence-corrected chi connectivity index (χ4v) is 11.8. The molecule has 0 rings (SSSR count). The molecule has 3 N–H and O–H groups in total. The first kappa shape index (κ1) is 86.1. The van der Waals surface area contributed by atoms with Gasteiger partial charge in [-0.05, 0) is 49.4 Å². The molecule has 4 unspecified atom stereocenters. The van der Waals surface area contributed by atoms with Crippen LogP contribution < -0.4 is 0 Å². The summed E-state index contributed by atoms with van der Waals surface area (Å²) in [4.78, 5) is 72.5. The number of hydrogen-bond donors (Lipinski definition) is 3. The lowest BCUT2D eigenvalue weighted by atomic mass is 9.99. The molecule has 0 fully saturated rings. The van der Waals surface area contributed by atoms with Crippen molar-refractivity contribution in [2.24, 2.45) is 23.7 Å². The molecule has 0 bridgehead atoms. The summed E-state index contributed by atoms with van der Waals surface area (Å²) in [6, 6.07) is 0. The van der Waals surface area contributed by atoms with Gasteiger partial charge < -0.3 is 33.8 Å². The van der Waals surface area contributed by atoms with E-state index in [4.69, 9.17) is 37.0 Å². The molecule has 0 saturated heterocycles. The number of unbranched alkanes of at least 4 members (excludes halogenated alkanes) is 30. The summed E-state index contributed by atoms with van der Waals surface area (Å²) >= 11 is 0. The van der Waals surface area contributed by atoms with Crippen molar-refractivity contribution >= 4 is 39.5 Å². The number of esters is 4. The lowest BCUT2D eigenvalue weighted by molar-refractivity contribution is -0.161. The third kappa shape index (κ3) is 60.3. The monoisotopic (exact) mass is 1300 g/mol. The topological polar surface area (TPSA) is 237 Å². The van der Waals surface area contributed by atoms with Crippen molar-refractivity contribution < 1.29 is 80.2 Å². The van der Waals surface area contributed by atoms with E-state index < -0.39 is 97.5 Å². The van der Waals surface area contributed by atoms with Crippen LogP contribution in [0.2, 0.25) is 0 Å². The Morgan fingerprint density at radius 2 is 0.545 bits per heavy atom. The molecule has 88 heavy (non-hydrogen) atoms. The Morgan fingerprint density at radius 3 is 0.807 bits per heavy atom. The number of carbonyl (C=O) groups excluding carboxylic acids is 4. The van der Waals surface area contributed by atoms with Gasteiger partial charge in [0.2, 0.25) is 0 Å². The Balaban J connectivity index is 5.27. The van der Waals surface area contributed by atoms with Gasteiger partial charge in [-0.25, -0.2) is 9.13 Å². The number of carbonyl (C=O) groups is 4. The molecule has 19 heteroatoms. The van der Waals surface area contributed by atoms with Gasteiger partial charge in [0, 0.05) is 25.7 Å². The molecule has 0 aromatic heterocycles. The third-order valence-electron chi connectivity index (χ3n) is 16.5. The second-order valence-corrected chi connectivity index (χ2v) is 29.3. The number of ether oxygens (including phenoxy) is 4. The Hall–Kier alpha value is -1.94. The van der Waals surface area contributed by atoms with Crippen LogP contribution in [0.15, 0.2) is 0 Å². The molecule has 0 aromatic rings. The van der Waals surface area contributed by atoms with Crippen molar-refractivity contribution in [2.75, 3.05) is 39.6 Å². The van der Waals surface area contributed by atoms with Crippen LogP contribution in [0.1, 0.15) is 338 Å². The van der Waals surface area contributed by atoms with Crippen LogP contribution in [-0.4, -0.2) is 96.7 Å². The predicted octanol–water partition coefficient (Wildman–Crippen LogP) is 19.3. The van der Waals surface area contributed by atoms with Gasteiger partial charge in [0.25, 0.3) is 0 Å². The molecule has 0 amide bonds. The second kappa shape index (κ2) is 58.8. The van der Waals surface area contributed by atoms with Crippen LogP contribution in [0, 0.1) is 23.7 Å².